The number of hydrogen-bond donors (Lipinski definition) is 2. The summed E-state index contributed by atoms with van der Waals surface area (Å²) < 4.78 is 0. The quantitative estimate of drug-likeness (QED) is 0.786. The first-order valence-corrected chi connectivity index (χ1v) is 7.58. The second-order valence-corrected chi connectivity index (χ2v) is 6.10. The van der Waals surface area contributed by atoms with E-state index in [0.29, 0.717) is 12.0 Å². The van der Waals surface area contributed by atoms with E-state index >= 15 is 0 Å². The Balaban J connectivity index is 1.66. The molecular weight excluding hydrogens is 220 g/mol. The Hall–Kier alpha value is -0.220. The van der Waals surface area contributed by atoms with Gasteiger partial charge in [0.25, 0.3) is 0 Å². The third kappa shape index (κ3) is 3.98. The standard InChI is InChI=1S/C12H22N2OS/c15-12(8-10-3-6-16-7-4-10)14-11-2-1-5-13-9-11/h10-11,13H,1-9H2,(H,14,15)/t11-/m1/s1. The van der Waals surface area contributed by atoms with Crippen molar-refractivity contribution in [2.75, 3.05) is 24.6 Å². The normalized spacial score (nSPS) is 27.6. The molecule has 0 bridgehead atoms. The highest BCUT2D eigenvalue weighted by Crippen LogP contribution is 2.25. The Kier molecular flexibility index (Phi) is 4.97. The molecule has 0 spiro atoms. The number of carbonyl (C=O) groups excluding carboxylic acids is 1. The first kappa shape index (κ1) is 12.2. The lowest BCUT2D eigenvalue weighted by atomic mass is 9.98. The first-order valence-electron chi connectivity index (χ1n) is 6.42. The molecular formula is C12H22N2OS. The van der Waals surface area contributed by atoms with Crippen molar-refractivity contribution in [3.05, 3.63) is 0 Å². The summed E-state index contributed by atoms with van der Waals surface area (Å²) in [5.41, 5.74) is 0. The van der Waals surface area contributed by atoms with E-state index in [9.17, 15) is 4.79 Å². The summed E-state index contributed by atoms with van der Waals surface area (Å²) in [7, 11) is 0. The van der Waals surface area contributed by atoms with Gasteiger partial charge in [-0.2, -0.15) is 11.8 Å². The van der Waals surface area contributed by atoms with Crippen LogP contribution in [0.2, 0.25) is 0 Å². The van der Waals surface area contributed by atoms with Gasteiger partial charge < -0.3 is 10.6 Å². The van der Waals surface area contributed by atoms with Gasteiger partial charge in [0.05, 0.1) is 0 Å². The molecule has 1 amide bonds. The molecule has 1 atom stereocenters. The monoisotopic (exact) mass is 242 g/mol. The maximum atomic E-state index is 11.8. The van der Waals surface area contributed by atoms with Crippen LogP contribution >= 0.6 is 11.8 Å². The third-order valence-electron chi connectivity index (χ3n) is 3.48. The summed E-state index contributed by atoms with van der Waals surface area (Å²) in [6.07, 6.45) is 5.52. The molecule has 92 valence electrons. The Bertz CT molecular complexity index is 201. The van der Waals surface area contributed by atoms with Crippen molar-refractivity contribution in [3.63, 3.8) is 0 Å². The Morgan fingerprint density at radius 2 is 2.12 bits per heavy atom. The molecule has 4 heteroatoms. The van der Waals surface area contributed by atoms with E-state index in [1.54, 1.807) is 0 Å². The molecule has 2 aliphatic heterocycles. The lowest BCUT2D eigenvalue weighted by Gasteiger charge is -2.26. The molecule has 0 radical (unpaired) electrons. The van der Waals surface area contributed by atoms with Crippen LogP contribution in [0.4, 0.5) is 0 Å². The molecule has 0 aromatic rings. The summed E-state index contributed by atoms with van der Waals surface area (Å²) >= 11 is 2.02. The topological polar surface area (TPSA) is 41.1 Å². The van der Waals surface area contributed by atoms with Gasteiger partial charge in [0.2, 0.25) is 5.91 Å². The van der Waals surface area contributed by atoms with E-state index in [4.69, 9.17) is 0 Å². The lowest BCUT2D eigenvalue weighted by molar-refractivity contribution is -0.122. The molecule has 0 aromatic heterocycles. The van der Waals surface area contributed by atoms with E-state index in [-0.39, 0.29) is 5.91 Å². The van der Waals surface area contributed by atoms with Gasteiger partial charge in [-0.15, -0.1) is 0 Å². The maximum absolute atomic E-state index is 11.8. The van der Waals surface area contributed by atoms with E-state index in [2.05, 4.69) is 10.6 Å². The fraction of sp³-hybridized carbons (Fsp3) is 0.917. The van der Waals surface area contributed by atoms with Crippen LogP contribution in [-0.4, -0.2) is 36.5 Å². The smallest absolute Gasteiger partial charge is 0.220 e. The third-order valence-corrected chi connectivity index (χ3v) is 4.53. The predicted molar refractivity (Wildman–Crippen MR) is 68.7 cm³/mol. The Labute approximate surface area is 102 Å². The van der Waals surface area contributed by atoms with Gasteiger partial charge in [0, 0.05) is 19.0 Å². The summed E-state index contributed by atoms with van der Waals surface area (Å²) in [5.74, 6) is 3.38. The molecule has 2 N–H and O–H groups in total. The van der Waals surface area contributed by atoms with E-state index < -0.39 is 0 Å². The lowest BCUT2D eigenvalue weighted by Crippen LogP contribution is -2.46. The van der Waals surface area contributed by atoms with Crippen molar-refractivity contribution in [1.82, 2.24) is 10.6 Å². The minimum Gasteiger partial charge on any atom is -0.352 e. The number of nitrogens with one attached hydrogen (secondary N) is 2. The minimum atomic E-state index is 0.269. The van der Waals surface area contributed by atoms with Crippen LogP contribution < -0.4 is 10.6 Å². The van der Waals surface area contributed by atoms with Crippen LogP contribution in [0.15, 0.2) is 0 Å². The number of hydrogen-bond acceptors (Lipinski definition) is 3. The van der Waals surface area contributed by atoms with Gasteiger partial charge in [0.1, 0.15) is 0 Å². The highest BCUT2D eigenvalue weighted by molar-refractivity contribution is 7.99. The molecule has 0 saturated carbocycles. The zero-order chi connectivity index (χ0) is 11.2. The highest BCUT2D eigenvalue weighted by Gasteiger charge is 2.20. The van der Waals surface area contributed by atoms with Crippen LogP contribution in [0.25, 0.3) is 0 Å². The summed E-state index contributed by atoms with van der Waals surface area (Å²) in [6, 6.07) is 0.374. The number of piperidine rings is 1. The largest absolute Gasteiger partial charge is 0.352 e. The van der Waals surface area contributed by atoms with Gasteiger partial charge in [-0.1, -0.05) is 0 Å². The number of thioether (sulfide) groups is 1. The molecule has 2 heterocycles. The maximum Gasteiger partial charge on any atom is 0.220 e. The van der Waals surface area contributed by atoms with E-state index in [0.717, 1.165) is 25.9 Å². The molecule has 2 aliphatic rings. The number of rotatable bonds is 3. The number of amides is 1. The zero-order valence-corrected chi connectivity index (χ0v) is 10.7. The summed E-state index contributed by atoms with van der Waals surface area (Å²) in [6.45, 7) is 2.05. The van der Waals surface area contributed by atoms with Crippen LogP contribution in [-0.2, 0) is 4.79 Å². The van der Waals surface area contributed by atoms with Gasteiger partial charge in [-0.3, -0.25) is 4.79 Å². The number of carbonyl (C=O) groups is 1. The molecule has 2 rings (SSSR count). The van der Waals surface area contributed by atoms with Crippen molar-refractivity contribution in [1.29, 1.82) is 0 Å². The molecule has 0 aliphatic carbocycles. The van der Waals surface area contributed by atoms with Crippen molar-refractivity contribution < 1.29 is 4.79 Å². The van der Waals surface area contributed by atoms with Crippen LogP contribution in [0.1, 0.15) is 32.1 Å². The first-order chi connectivity index (χ1) is 7.84. The average Bonchev–Trinajstić information content (AvgIpc) is 2.31. The Morgan fingerprint density at radius 1 is 1.31 bits per heavy atom. The average molecular weight is 242 g/mol. The fourth-order valence-corrected chi connectivity index (χ4v) is 3.68. The van der Waals surface area contributed by atoms with Gasteiger partial charge in [0.15, 0.2) is 0 Å². The second-order valence-electron chi connectivity index (χ2n) is 4.87. The molecule has 16 heavy (non-hydrogen) atoms. The van der Waals surface area contributed by atoms with Crippen molar-refractivity contribution in [2.45, 2.75) is 38.1 Å². The Morgan fingerprint density at radius 3 is 2.81 bits per heavy atom. The van der Waals surface area contributed by atoms with Crippen molar-refractivity contribution >= 4 is 17.7 Å². The van der Waals surface area contributed by atoms with E-state index in [1.807, 2.05) is 11.8 Å². The summed E-state index contributed by atoms with van der Waals surface area (Å²) in [5, 5.41) is 6.48. The fourth-order valence-electron chi connectivity index (χ4n) is 2.47. The summed E-state index contributed by atoms with van der Waals surface area (Å²) in [4.78, 5) is 11.8. The van der Waals surface area contributed by atoms with Gasteiger partial charge >= 0.3 is 0 Å². The second kappa shape index (κ2) is 6.50. The van der Waals surface area contributed by atoms with Crippen LogP contribution in [0.5, 0.6) is 0 Å². The molecule has 0 aromatic carbocycles. The molecule has 2 saturated heterocycles. The van der Waals surface area contributed by atoms with E-state index in [1.165, 1.54) is 30.8 Å². The zero-order valence-electron chi connectivity index (χ0n) is 9.84. The predicted octanol–water partition coefficient (Wildman–Crippen LogP) is 1.39. The molecule has 2 fully saturated rings. The van der Waals surface area contributed by atoms with Crippen LogP contribution in [0, 0.1) is 5.92 Å². The van der Waals surface area contributed by atoms with Crippen molar-refractivity contribution in [2.24, 2.45) is 5.92 Å². The highest BCUT2D eigenvalue weighted by atomic mass is 32.2. The molecule has 3 nitrogen and oxygen atoms in total. The van der Waals surface area contributed by atoms with Crippen LogP contribution in [0.3, 0.4) is 0 Å². The van der Waals surface area contributed by atoms with Gasteiger partial charge in [-0.05, 0) is 49.7 Å². The molecule has 0 unspecified atom stereocenters. The van der Waals surface area contributed by atoms with Gasteiger partial charge in [-0.25, -0.2) is 0 Å². The SMILES string of the molecule is O=C(CC1CCSCC1)N[C@@H]1CCCNC1. The minimum absolute atomic E-state index is 0.269. The van der Waals surface area contributed by atoms with Crippen molar-refractivity contribution in [3.8, 4) is 0 Å².